The van der Waals surface area contributed by atoms with Gasteiger partial charge >= 0.3 is 11.8 Å². The molecule has 0 aliphatic rings. The summed E-state index contributed by atoms with van der Waals surface area (Å²) in [4.78, 5) is 37.6. The lowest BCUT2D eigenvalue weighted by Gasteiger charge is -2.14. The Hall–Kier alpha value is -2.60. The second-order valence-corrected chi connectivity index (χ2v) is 4.72. The molecule has 0 aliphatic carbocycles. The van der Waals surface area contributed by atoms with Gasteiger partial charge in [-0.1, -0.05) is 6.92 Å². The predicted molar refractivity (Wildman–Crippen MR) is 79.6 cm³/mol. The van der Waals surface area contributed by atoms with E-state index in [2.05, 4.69) is 17.2 Å². The summed E-state index contributed by atoms with van der Waals surface area (Å²) < 4.78 is 5.96. The number of nitrogens with one attached hydrogen (secondary N) is 2. The fourth-order valence-corrected chi connectivity index (χ4v) is 1.95. The molecule has 0 radical (unpaired) electrons. The van der Waals surface area contributed by atoms with Crippen LogP contribution in [-0.2, 0) is 14.3 Å². The number of carbonyl (C=O) groups excluding carboxylic acids is 2. The van der Waals surface area contributed by atoms with E-state index in [9.17, 15) is 19.7 Å². The van der Waals surface area contributed by atoms with E-state index in [4.69, 9.17) is 9.94 Å². The average Bonchev–Trinajstić information content (AvgIpc) is 2.88. The van der Waals surface area contributed by atoms with Crippen molar-refractivity contribution in [2.75, 3.05) is 6.61 Å². The van der Waals surface area contributed by atoms with Crippen molar-refractivity contribution >= 4 is 35.0 Å². The monoisotopic (exact) mass is 345 g/mol. The lowest BCUT2D eigenvalue weighted by molar-refractivity contribution is -0.392. The molecular formula is C11H15N5O6S. The Balaban J connectivity index is 2.81. The maximum Gasteiger partial charge on any atom is 0.352 e. The van der Waals surface area contributed by atoms with Crippen LogP contribution in [0.2, 0.25) is 0 Å². The third-order valence-electron chi connectivity index (χ3n) is 2.82. The third-order valence-corrected chi connectivity index (χ3v) is 3.01. The topological polar surface area (TPSA) is 149 Å². The molecule has 11 nitrogen and oxygen atoms in total. The molecule has 0 saturated carbocycles. The summed E-state index contributed by atoms with van der Waals surface area (Å²) in [7, 11) is 0. The van der Waals surface area contributed by atoms with Crippen LogP contribution in [0.5, 0.6) is 0 Å². The summed E-state index contributed by atoms with van der Waals surface area (Å²) in [5.74, 6) is -1.66. The zero-order valence-corrected chi connectivity index (χ0v) is 13.1. The Morgan fingerprint density at radius 2 is 2.26 bits per heavy atom. The van der Waals surface area contributed by atoms with E-state index in [0.717, 1.165) is 10.8 Å². The minimum absolute atomic E-state index is 0.203. The largest absolute Gasteiger partial charge is 0.452 e. The molecule has 0 aliphatic heterocycles. The van der Waals surface area contributed by atoms with Gasteiger partial charge in [0.05, 0.1) is 0 Å². The lowest BCUT2D eigenvalue weighted by atomic mass is 10.2. The Kier molecular flexibility index (Phi) is 6.53. The van der Waals surface area contributed by atoms with Gasteiger partial charge in [0.2, 0.25) is 0 Å². The number of aromatic nitrogens is 2. The van der Waals surface area contributed by atoms with Crippen molar-refractivity contribution in [3.05, 3.63) is 22.1 Å². The van der Waals surface area contributed by atoms with Gasteiger partial charge in [0.15, 0.2) is 23.6 Å². The van der Waals surface area contributed by atoms with E-state index in [1.54, 1.807) is 6.92 Å². The number of ether oxygens (including phenoxy) is 1. The summed E-state index contributed by atoms with van der Waals surface area (Å²) in [5.41, 5.74) is 1.54. The van der Waals surface area contributed by atoms with Gasteiger partial charge in [-0.15, -0.1) is 0 Å². The molecule has 1 amide bonds. The van der Waals surface area contributed by atoms with Gasteiger partial charge in [-0.2, -0.15) is 4.57 Å². The molecule has 1 heterocycles. The molecule has 1 aromatic heterocycles. The normalized spacial score (nSPS) is 11.4. The Bertz CT molecular complexity index is 630. The number of nitro groups is 1. The third kappa shape index (κ3) is 4.69. The standard InChI is InChI=1S/C11H15N5O6S/c1-3-7(15-6(2)12-4-9(15)16(20)21)10(18)22-5-8(17)13-11(23)14-19/h4,7,19H,3,5H2,1-2H3,(H2,13,14,17,23). The van der Waals surface area contributed by atoms with Crippen molar-refractivity contribution in [3.63, 3.8) is 0 Å². The Labute approximate surface area is 135 Å². The maximum absolute atomic E-state index is 12.1. The quantitative estimate of drug-likeness (QED) is 0.280. The highest BCUT2D eigenvalue weighted by Gasteiger charge is 2.32. The minimum atomic E-state index is -0.992. The molecule has 0 spiro atoms. The fourth-order valence-electron chi connectivity index (χ4n) is 1.84. The summed E-state index contributed by atoms with van der Waals surface area (Å²) in [5, 5.41) is 21.1. The number of rotatable bonds is 6. The lowest BCUT2D eigenvalue weighted by Crippen LogP contribution is -2.40. The van der Waals surface area contributed by atoms with Crippen LogP contribution in [0.4, 0.5) is 5.82 Å². The molecule has 23 heavy (non-hydrogen) atoms. The van der Waals surface area contributed by atoms with Crippen LogP contribution in [0.3, 0.4) is 0 Å². The number of hydrogen-bond donors (Lipinski definition) is 3. The first-order chi connectivity index (χ1) is 10.8. The van der Waals surface area contributed by atoms with Crippen LogP contribution in [0, 0.1) is 17.0 Å². The number of amides is 1. The average molecular weight is 345 g/mol. The van der Waals surface area contributed by atoms with Gasteiger partial charge in [-0.25, -0.2) is 15.3 Å². The molecule has 1 rings (SSSR count). The fraction of sp³-hybridized carbons (Fsp3) is 0.455. The van der Waals surface area contributed by atoms with Crippen LogP contribution in [0.25, 0.3) is 0 Å². The van der Waals surface area contributed by atoms with Gasteiger partial charge in [0, 0.05) is 6.92 Å². The summed E-state index contributed by atoms with van der Waals surface area (Å²) in [6, 6.07) is -0.992. The van der Waals surface area contributed by atoms with Crippen molar-refractivity contribution in [2.45, 2.75) is 26.3 Å². The number of nitrogens with zero attached hydrogens (tertiary/aromatic N) is 3. The molecule has 1 aromatic rings. The number of carbonyl (C=O) groups is 2. The number of esters is 1. The smallest absolute Gasteiger partial charge is 0.352 e. The number of aryl methyl sites for hydroxylation is 1. The number of imidazole rings is 1. The SMILES string of the molecule is CCC(C(=O)OCC(=O)NC(=S)NO)n1c([N+](=O)[O-])cnc1C. The summed E-state index contributed by atoms with van der Waals surface area (Å²) in [6.07, 6.45) is 1.25. The molecule has 1 unspecified atom stereocenters. The van der Waals surface area contributed by atoms with Crippen molar-refractivity contribution in [3.8, 4) is 0 Å². The number of hydrogen-bond acceptors (Lipinski definition) is 8. The predicted octanol–water partition coefficient (Wildman–Crippen LogP) is -0.0261. The van der Waals surface area contributed by atoms with Crippen molar-refractivity contribution in [1.82, 2.24) is 20.3 Å². The molecule has 1 atom stereocenters. The van der Waals surface area contributed by atoms with E-state index in [0.29, 0.717) is 0 Å². The first-order valence-electron chi connectivity index (χ1n) is 6.40. The maximum atomic E-state index is 12.1. The van der Waals surface area contributed by atoms with E-state index in [-0.39, 0.29) is 23.2 Å². The second kappa shape index (κ2) is 8.14. The Morgan fingerprint density at radius 3 is 2.78 bits per heavy atom. The highest BCUT2D eigenvalue weighted by atomic mass is 32.1. The zero-order valence-electron chi connectivity index (χ0n) is 12.3. The van der Waals surface area contributed by atoms with Gasteiger partial charge in [0.25, 0.3) is 5.91 Å². The van der Waals surface area contributed by atoms with Crippen molar-refractivity contribution < 1.29 is 24.5 Å². The Morgan fingerprint density at radius 1 is 1.61 bits per heavy atom. The molecule has 12 heteroatoms. The molecule has 126 valence electrons. The van der Waals surface area contributed by atoms with Crippen molar-refractivity contribution in [2.24, 2.45) is 0 Å². The second-order valence-electron chi connectivity index (χ2n) is 4.31. The van der Waals surface area contributed by atoms with Gasteiger partial charge in [-0.3, -0.25) is 15.3 Å². The van der Waals surface area contributed by atoms with Crippen LogP contribution in [-0.4, -0.2) is 43.3 Å². The molecule has 0 bridgehead atoms. The van der Waals surface area contributed by atoms with E-state index in [1.807, 2.05) is 5.32 Å². The molecular weight excluding hydrogens is 330 g/mol. The van der Waals surface area contributed by atoms with Gasteiger partial charge in [-0.05, 0) is 23.6 Å². The van der Waals surface area contributed by atoms with E-state index in [1.165, 1.54) is 12.4 Å². The van der Waals surface area contributed by atoms with Crippen LogP contribution >= 0.6 is 12.2 Å². The first kappa shape index (κ1) is 18.4. The van der Waals surface area contributed by atoms with Crippen molar-refractivity contribution in [1.29, 1.82) is 0 Å². The minimum Gasteiger partial charge on any atom is -0.452 e. The highest BCUT2D eigenvalue weighted by Crippen LogP contribution is 2.23. The van der Waals surface area contributed by atoms with Gasteiger partial charge < -0.3 is 14.9 Å². The molecule has 3 N–H and O–H groups in total. The number of thiocarbonyl (C=S) groups is 1. The van der Waals surface area contributed by atoms with Gasteiger partial charge in [0.1, 0.15) is 6.20 Å². The highest BCUT2D eigenvalue weighted by molar-refractivity contribution is 7.80. The summed E-state index contributed by atoms with van der Waals surface area (Å²) >= 11 is 4.49. The van der Waals surface area contributed by atoms with Crippen LogP contribution in [0.15, 0.2) is 6.20 Å². The first-order valence-corrected chi connectivity index (χ1v) is 6.81. The van der Waals surface area contributed by atoms with Crippen LogP contribution < -0.4 is 10.8 Å². The zero-order chi connectivity index (χ0) is 17.6. The number of hydroxylamine groups is 1. The van der Waals surface area contributed by atoms with E-state index >= 15 is 0 Å². The van der Waals surface area contributed by atoms with Crippen LogP contribution in [0.1, 0.15) is 25.2 Å². The molecule has 0 saturated heterocycles. The molecule has 0 aromatic carbocycles. The summed E-state index contributed by atoms with van der Waals surface area (Å²) in [6.45, 7) is 2.50. The molecule has 0 fully saturated rings. The van der Waals surface area contributed by atoms with E-state index < -0.39 is 29.4 Å².